The number of hydrogen-bond donors (Lipinski definition) is 2. The Labute approximate surface area is 120 Å². The molecule has 0 atom stereocenters. The van der Waals surface area contributed by atoms with Crippen LogP contribution >= 0.6 is 0 Å². The second kappa shape index (κ2) is 6.96. The van der Waals surface area contributed by atoms with E-state index in [0.717, 1.165) is 25.1 Å². The second-order valence-corrected chi connectivity index (χ2v) is 4.73. The molecule has 106 valence electrons. The summed E-state index contributed by atoms with van der Waals surface area (Å²) in [5.74, 6) is 0.686. The van der Waals surface area contributed by atoms with Gasteiger partial charge in [0.2, 0.25) is 0 Å². The van der Waals surface area contributed by atoms with Crippen LogP contribution in [0.25, 0.3) is 0 Å². The lowest BCUT2D eigenvalue weighted by atomic mass is 10.1. The predicted octanol–water partition coefficient (Wildman–Crippen LogP) is 3.25. The van der Waals surface area contributed by atoms with E-state index in [0.29, 0.717) is 5.75 Å². The lowest BCUT2D eigenvalue weighted by molar-refractivity contribution is 0.373. The van der Waals surface area contributed by atoms with Gasteiger partial charge in [0.15, 0.2) is 11.5 Å². The molecule has 0 aliphatic heterocycles. The molecule has 0 aliphatic rings. The molecule has 2 N–H and O–H groups in total. The van der Waals surface area contributed by atoms with E-state index in [2.05, 4.69) is 36.5 Å². The van der Waals surface area contributed by atoms with Crippen molar-refractivity contribution in [1.82, 2.24) is 5.32 Å². The molecule has 2 aromatic carbocycles. The number of hydrogen-bond acceptors (Lipinski definition) is 3. The van der Waals surface area contributed by atoms with Crippen LogP contribution in [0.15, 0.2) is 42.5 Å². The van der Waals surface area contributed by atoms with Gasteiger partial charge < -0.3 is 15.2 Å². The van der Waals surface area contributed by atoms with Crippen LogP contribution in [-0.2, 0) is 19.5 Å². The first-order valence-electron chi connectivity index (χ1n) is 6.88. The smallest absolute Gasteiger partial charge is 0.160 e. The Bertz CT molecular complexity index is 567. The van der Waals surface area contributed by atoms with Crippen molar-refractivity contribution in [2.75, 3.05) is 7.11 Å². The number of nitrogens with one attached hydrogen (secondary N) is 1. The highest BCUT2D eigenvalue weighted by atomic mass is 16.5. The largest absolute Gasteiger partial charge is 0.504 e. The SMILES string of the molecule is CCc1ccccc1CNCc1ccc(OC)c(O)c1. The number of benzene rings is 2. The van der Waals surface area contributed by atoms with Crippen LogP contribution in [0.1, 0.15) is 23.6 Å². The van der Waals surface area contributed by atoms with E-state index >= 15 is 0 Å². The van der Waals surface area contributed by atoms with Crippen molar-refractivity contribution in [1.29, 1.82) is 0 Å². The topological polar surface area (TPSA) is 41.5 Å². The maximum Gasteiger partial charge on any atom is 0.160 e. The van der Waals surface area contributed by atoms with E-state index in [1.807, 2.05) is 6.07 Å². The number of aromatic hydroxyl groups is 1. The molecule has 0 aliphatic carbocycles. The summed E-state index contributed by atoms with van der Waals surface area (Å²) in [5, 5.41) is 13.1. The molecule has 0 aromatic heterocycles. The molecule has 2 aromatic rings. The summed E-state index contributed by atoms with van der Waals surface area (Å²) < 4.78 is 5.03. The summed E-state index contributed by atoms with van der Waals surface area (Å²) in [6.45, 7) is 3.72. The Hall–Kier alpha value is -2.00. The van der Waals surface area contributed by atoms with E-state index in [-0.39, 0.29) is 5.75 Å². The van der Waals surface area contributed by atoms with E-state index < -0.39 is 0 Å². The Morgan fingerprint density at radius 2 is 1.80 bits per heavy atom. The third-order valence-electron chi connectivity index (χ3n) is 3.39. The molecule has 0 saturated heterocycles. The highest BCUT2D eigenvalue weighted by Gasteiger charge is 2.03. The molecule has 0 bridgehead atoms. The van der Waals surface area contributed by atoms with Gasteiger partial charge in [-0.1, -0.05) is 37.3 Å². The Balaban J connectivity index is 1.94. The maximum atomic E-state index is 9.74. The fraction of sp³-hybridized carbons (Fsp3) is 0.294. The zero-order chi connectivity index (χ0) is 14.4. The van der Waals surface area contributed by atoms with Gasteiger partial charge in [-0.15, -0.1) is 0 Å². The Kier molecular flexibility index (Phi) is 5.02. The predicted molar refractivity (Wildman–Crippen MR) is 81.0 cm³/mol. The molecule has 0 amide bonds. The minimum Gasteiger partial charge on any atom is -0.504 e. The maximum absolute atomic E-state index is 9.74. The third kappa shape index (κ3) is 3.52. The van der Waals surface area contributed by atoms with Gasteiger partial charge in [-0.05, 0) is 35.2 Å². The molecular formula is C17H21NO2. The van der Waals surface area contributed by atoms with Crippen LogP contribution in [0.4, 0.5) is 0 Å². The fourth-order valence-corrected chi connectivity index (χ4v) is 2.26. The van der Waals surface area contributed by atoms with Crippen molar-refractivity contribution >= 4 is 0 Å². The minimum atomic E-state index is 0.181. The van der Waals surface area contributed by atoms with Crippen LogP contribution in [0.2, 0.25) is 0 Å². The lowest BCUT2D eigenvalue weighted by Crippen LogP contribution is -2.13. The molecule has 0 spiro atoms. The first kappa shape index (κ1) is 14.4. The number of methoxy groups -OCH3 is 1. The Morgan fingerprint density at radius 3 is 2.45 bits per heavy atom. The Morgan fingerprint density at radius 1 is 1.05 bits per heavy atom. The van der Waals surface area contributed by atoms with E-state index in [9.17, 15) is 5.11 Å². The molecule has 0 fully saturated rings. The molecule has 20 heavy (non-hydrogen) atoms. The third-order valence-corrected chi connectivity index (χ3v) is 3.39. The number of rotatable bonds is 6. The van der Waals surface area contributed by atoms with Gasteiger partial charge in [0, 0.05) is 13.1 Å². The minimum absolute atomic E-state index is 0.181. The zero-order valence-corrected chi connectivity index (χ0v) is 12.0. The van der Waals surface area contributed by atoms with Crippen LogP contribution in [0, 0.1) is 0 Å². The van der Waals surface area contributed by atoms with Crippen molar-refractivity contribution < 1.29 is 9.84 Å². The molecule has 3 nitrogen and oxygen atoms in total. The first-order chi connectivity index (χ1) is 9.74. The van der Waals surface area contributed by atoms with Crippen molar-refractivity contribution in [3.05, 3.63) is 59.2 Å². The summed E-state index contributed by atoms with van der Waals surface area (Å²) in [6, 6.07) is 13.9. The molecule has 0 unspecified atom stereocenters. The summed E-state index contributed by atoms with van der Waals surface area (Å²) in [4.78, 5) is 0. The number of ether oxygens (including phenoxy) is 1. The van der Waals surface area contributed by atoms with E-state index in [1.165, 1.54) is 11.1 Å². The molecule has 0 radical (unpaired) electrons. The number of aryl methyl sites for hydroxylation is 1. The summed E-state index contributed by atoms with van der Waals surface area (Å²) in [6.07, 6.45) is 1.04. The lowest BCUT2D eigenvalue weighted by Gasteiger charge is -2.10. The zero-order valence-electron chi connectivity index (χ0n) is 12.0. The highest BCUT2D eigenvalue weighted by molar-refractivity contribution is 5.41. The average Bonchev–Trinajstić information content (AvgIpc) is 2.48. The van der Waals surface area contributed by atoms with Gasteiger partial charge in [0.05, 0.1) is 7.11 Å². The molecule has 0 saturated carbocycles. The van der Waals surface area contributed by atoms with Crippen LogP contribution in [0.3, 0.4) is 0 Å². The highest BCUT2D eigenvalue weighted by Crippen LogP contribution is 2.26. The van der Waals surface area contributed by atoms with E-state index in [4.69, 9.17) is 4.74 Å². The summed E-state index contributed by atoms with van der Waals surface area (Å²) in [7, 11) is 1.55. The molecule has 2 rings (SSSR count). The van der Waals surface area contributed by atoms with Crippen molar-refractivity contribution in [3.8, 4) is 11.5 Å². The van der Waals surface area contributed by atoms with Crippen LogP contribution in [0.5, 0.6) is 11.5 Å². The molecule has 0 heterocycles. The summed E-state index contributed by atoms with van der Waals surface area (Å²) in [5.41, 5.74) is 3.74. The molecule has 3 heteroatoms. The van der Waals surface area contributed by atoms with Crippen LogP contribution in [-0.4, -0.2) is 12.2 Å². The van der Waals surface area contributed by atoms with Gasteiger partial charge >= 0.3 is 0 Å². The average molecular weight is 271 g/mol. The second-order valence-electron chi connectivity index (χ2n) is 4.73. The molecular weight excluding hydrogens is 250 g/mol. The van der Waals surface area contributed by atoms with Crippen molar-refractivity contribution in [2.24, 2.45) is 0 Å². The monoisotopic (exact) mass is 271 g/mol. The fourth-order valence-electron chi connectivity index (χ4n) is 2.26. The van der Waals surface area contributed by atoms with Gasteiger partial charge in [0.25, 0.3) is 0 Å². The quantitative estimate of drug-likeness (QED) is 0.847. The number of phenols is 1. The van der Waals surface area contributed by atoms with Crippen LogP contribution < -0.4 is 10.1 Å². The van der Waals surface area contributed by atoms with E-state index in [1.54, 1.807) is 19.2 Å². The summed E-state index contributed by atoms with van der Waals surface area (Å²) >= 11 is 0. The van der Waals surface area contributed by atoms with Crippen molar-refractivity contribution in [3.63, 3.8) is 0 Å². The van der Waals surface area contributed by atoms with Gasteiger partial charge in [0.1, 0.15) is 0 Å². The van der Waals surface area contributed by atoms with Crippen molar-refractivity contribution in [2.45, 2.75) is 26.4 Å². The van der Waals surface area contributed by atoms with Gasteiger partial charge in [-0.2, -0.15) is 0 Å². The normalized spacial score (nSPS) is 10.5. The number of phenolic OH excluding ortho intramolecular Hbond substituents is 1. The standard InChI is InChI=1S/C17H21NO2/c1-3-14-6-4-5-7-15(14)12-18-11-13-8-9-17(20-2)16(19)10-13/h4-10,18-19H,3,11-12H2,1-2H3. The van der Waals surface area contributed by atoms with Gasteiger partial charge in [-0.25, -0.2) is 0 Å². The van der Waals surface area contributed by atoms with Gasteiger partial charge in [-0.3, -0.25) is 0 Å². The first-order valence-corrected chi connectivity index (χ1v) is 6.88.